The van der Waals surface area contributed by atoms with E-state index in [2.05, 4.69) is 37.4 Å². The Hall–Kier alpha value is -1.02. The number of rotatable bonds is 3. The summed E-state index contributed by atoms with van der Waals surface area (Å²) in [5.74, 6) is 1.07. The average Bonchev–Trinajstić information content (AvgIpc) is 2.26. The van der Waals surface area contributed by atoms with Crippen LogP contribution >= 0.6 is 0 Å². The molecular formula is C13H19NO. The molecule has 0 amide bonds. The van der Waals surface area contributed by atoms with Crippen molar-refractivity contribution >= 4 is 0 Å². The zero-order valence-electron chi connectivity index (χ0n) is 9.49. The van der Waals surface area contributed by atoms with Crippen LogP contribution in [0.25, 0.3) is 0 Å². The standard InChI is InChI=1S/C13H19NO/c1-10(2)14-9-12-8-7-11-5-3-4-6-13(11)15-12/h3-6,10,12,14H,7-9H2,1-2H3/t12-/m1/s1. The second-order valence-electron chi connectivity index (χ2n) is 4.45. The molecule has 2 rings (SSSR count). The van der Waals surface area contributed by atoms with Crippen LogP contribution in [0.15, 0.2) is 24.3 Å². The van der Waals surface area contributed by atoms with Crippen molar-refractivity contribution in [3.8, 4) is 5.75 Å². The lowest BCUT2D eigenvalue weighted by atomic mass is 10.0. The first kappa shape index (κ1) is 10.5. The molecule has 0 aliphatic carbocycles. The molecule has 1 atom stereocenters. The lowest BCUT2D eigenvalue weighted by Gasteiger charge is -2.26. The number of nitrogens with one attached hydrogen (secondary N) is 1. The summed E-state index contributed by atoms with van der Waals surface area (Å²) in [5, 5.41) is 3.42. The number of benzene rings is 1. The van der Waals surface area contributed by atoms with Gasteiger partial charge in [-0.3, -0.25) is 0 Å². The van der Waals surface area contributed by atoms with E-state index in [1.807, 2.05) is 6.07 Å². The van der Waals surface area contributed by atoms with Crippen LogP contribution in [-0.2, 0) is 6.42 Å². The van der Waals surface area contributed by atoms with Crippen LogP contribution in [0.4, 0.5) is 0 Å². The third-order valence-corrected chi connectivity index (χ3v) is 2.76. The number of para-hydroxylation sites is 1. The largest absolute Gasteiger partial charge is 0.489 e. The first-order valence-electron chi connectivity index (χ1n) is 5.73. The summed E-state index contributed by atoms with van der Waals surface area (Å²) in [4.78, 5) is 0. The highest BCUT2D eigenvalue weighted by atomic mass is 16.5. The molecule has 0 fully saturated rings. The fourth-order valence-electron chi connectivity index (χ4n) is 1.89. The molecule has 1 aromatic carbocycles. The molecule has 1 N–H and O–H groups in total. The van der Waals surface area contributed by atoms with Crippen LogP contribution in [0.3, 0.4) is 0 Å². The molecule has 2 heteroatoms. The van der Waals surface area contributed by atoms with Crippen molar-refractivity contribution in [2.75, 3.05) is 6.54 Å². The van der Waals surface area contributed by atoms with E-state index in [0.29, 0.717) is 12.1 Å². The van der Waals surface area contributed by atoms with Gasteiger partial charge in [0, 0.05) is 12.6 Å². The lowest BCUT2D eigenvalue weighted by molar-refractivity contribution is 0.168. The van der Waals surface area contributed by atoms with Gasteiger partial charge in [0.2, 0.25) is 0 Å². The van der Waals surface area contributed by atoms with Gasteiger partial charge in [-0.25, -0.2) is 0 Å². The molecule has 0 spiro atoms. The number of hydrogen-bond donors (Lipinski definition) is 1. The van der Waals surface area contributed by atoms with E-state index in [-0.39, 0.29) is 0 Å². The van der Waals surface area contributed by atoms with E-state index in [4.69, 9.17) is 4.74 Å². The van der Waals surface area contributed by atoms with Gasteiger partial charge in [-0.2, -0.15) is 0 Å². The summed E-state index contributed by atoms with van der Waals surface area (Å²) in [6.07, 6.45) is 2.60. The first-order valence-corrected chi connectivity index (χ1v) is 5.73. The second kappa shape index (κ2) is 4.67. The fraction of sp³-hybridized carbons (Fsp3) is 0.538. The molecule has 1 aliphatic heterocycles. The lowest BCUT2D eigenvalue weighted by Crippen LogP contribution is -2.37. The predicted molar refractivity (Wildman–Crippen MR) is 62.3 cm³/mol. The maximum Gasteiger partial charge on any atom is 0.122 e. The highest BCUT2D eigenvalue weighted by Gasteiger charge is 2.18. The Balaban J connectivity index is 1.94. The zero-order valence-corrected chi connectivity index (χ0v) is 9.49. The molecule has 0 saturated heterocycles. The molecule has 15 heavy (non-hydrogen) atoms. The molecule has 1 aliphatic rings. The van der Waals surface area contributed by atoms with Gasteiger partial charge in [0.15, 0.2) is 0 Å². The van der Waals surface area contributed by atoms with Gasteiger partial charge in [0.05, 0.1) is 0 Å². The van der Waals surface area contributed by atoms with Gasteiger partial charge in [-0.05, 0) is 24.5 Å². The van der Waals surface area contributed by atoms with Crippen LogP contribution in [0.1, 0.15) is 25.8 Å². The number of fused-ring (bicyclic) bond motifs is 1. The van der Waals surface area contributed by atoms with Crippen molar-refractivity contribution in [2.45, 2.75) is 38.8 Å². The Morgan fingerprint density at radius 2 is 2.20 bits per heavy atom. The quantitative estimate of drug-likeness (QED) is 0.818. The van der Waals surface area contributed by atoms with E-state index < -0.39 is 0 Å². The summed E-state index contributed by atoms with van der Waals surface area (Å²) in [7, 11) is 0. The Kier molecular flexibility index (Phi) is 3.27. The smallest absolute Gasteiger partial charge is 0.122 e. The monoisotopic (exact) mass is 205 g/mol. The van der Waals surface area contributed by atoms with E-state index in [1.165, 1.54) is 5.56 Å². The molecule has 0 saturated carbocycles. The van der Waals surface area contributed by atoms with Crippen molar-refractivity contribution in [1.29, 1.82) is 0 Å². The minimum atomic E-state index is 0.335. The number of hydrogen-bond acceptors (Lipinski definition) is 2. The van der Waals surface area contributed by atoms with Crippen LogP contribution in [0, 0.1) is 0 Å². The van der Waals surface area contributed by atoms with Gasteiger partial charge >= 0.3 is 0 Å². The molecule has 0 bridgehead atoms. The maximum atomic E-state index is 5.92. The van der Waals surface area contributed by atoms with Gasteiger partial charge < -0.3 is 10.1 Å². The summed E-state index contributed by atoms with van der Waals surface area (Å²) >= 11 is 0. The molecule has 1 heterocycles. The molecule has 0 unspecified atom stereocenters. The summed E-state index contributed by atoms with van der Waals surface area (Å²) < 4.78 is 5.92. The first-order chi connectivity index (χ1) is 7.25. The SMILES string of the molecule is CC(C)NC[C@H]1CCc2ccccc2O1. The summed E-state index contributed by atoms with van der Waals surface area (Å²) in [6, 6.07) is 8.87. The van der Waals surface area contributed by atoms with E-state index >= 15 is 0 Å². The topological polar surface area (TPSA) is 21.3 Å². The van der Waals surface area contributed by atoms with E-state index in [0.717, 1.165) is 25.1 Å². The molecule has 2 nitrogen and oxygen atoms in total. The van der Waals surface area contributed by atoms with Crippen LogP contribution in [-0.4, -0.2) is 18.7 Å². The highest BCUT2D eigenvalue weighted by molar-refractivity contribution is 5.35. The van der Waals surface area contributed by atoms with Gasteiger partial charge in [-0.1, -0.05) is 32.0 Å². The molecule has 82 valence electrons. The molecule has 1 aromatic rings. The Morgan fingerprint density at radius 3 is 3.00 bits per heavy atom. The van der Waals surface area contributed by atoms with Gasteiger partial charge in [0.1, 0.15) is 11.9 Å². The van der Waals surface area contributed by atoms with Gasteiger partial charge in [0.25, 0.3) is 0 Å². The number of aryl methyl sites for hydroxylation is 1. The van der Waals surface area contributed by atoms with E-state index in [1.54, 1.807) is 0 Å². The van der Waals surface area contributed by atoms with Gasteiger partial charge in [-0.15, -0.1) is 0 Å². The summed E-state index contributed by atoms with van der Waals surface area (Å²) in [5.41, 5.74) is 1.35. The minimum Gasteiger partial charge on any atom is -0.489 e. The number of ether oxygens (including phenoxy) is 1. The van der Waals surface area contributed by atoms with Crippen LogP contribution < -0.4 is 10.1 Å². The molecular weight excluding hydrogens is 186 g/mol. The highest BCUT2D eigenvalue weighted by Crippen LogP contribution is 2.26. The van der Waals surface area contributed by atoms with Crippen molar-refractivity contribution in [1.82, 2.24) is 5.32 Å². The molecule has 0 radical (unpaired) electrons. The van der Waals surface area contributed by atoms with Crippen LogP contribution in [0.5, 0.6) is 5.75 Å². The summed E-state index contributed by atoms with van der Waals surface area (Å²) in [6.45, 7) is 5.28. The predicted octanol–water partition coefficient (Wildman–Crippen LogP) is 2.38. The minimum absolute atomic E-state index is 0.335. The maximum absolute atomic E-state index is 5.92. The third kappa shape index (κ3) is 2.72. The Labute approximate surface area is 91.6 Å². The normalized spacial score (nSPS) is 19.8. The van der Waals surface area contributed by atoms with Crippen molar-refractivity contribution < 1.29 is 4.74 Å². The van der Waals surface area contributed by atoms with Crippen molar-refractivity contribution in [3.05, 3.63) is 29.8 Å². The van der Waals surface area contributed by atoms with Crippen molar-refractivity contribution in [3.63, 3.8) is 0 Å². The Morgan fingerprint density at radius 1 is 1.40 bits per heavy atom. The fourth-order valence-corrected chi connectivity index (χ4v) is 1.89. The van der Waals surface area contributed by atoms with E-state index in [9.17, 15) is 0 Å². The Bertz CT molecular complexity index is 322. The van der Waals surface area contributed by atoms with Crippen molar-refractivity contribution in [2.24, 2.45) is 0 Å². The van der Waals surface area contributed by atoms with Crippen LogP contribution in [0.2, 0.25) is 0 Å². The average molecular weight is 205 g/mol. The third-order valence-electron chi connectivity index (χ3n) is 2.76. The second-order valence-corrected chi connectivity index (χ2v) is 4.45. The molecule has 0 aromatic heterocycles. The zero-order chi connectivity index (χ0) is 10.7.